The zero-order valence-corrected chi connectivity index (χ0v) is 11.8. The van der Waals surface area contributed by atoms with Crippen LogP contribution >= 0.6 is 11.6 Å². The molecule has 19 heavy (non-hydrogen) atoms. The molecule has 3 aliphatic rings. The highest BCUT2D eigenvalue weighted by atomic mass is 35.5. The van der Waals surface area contributed by atoms with E-state index in [0.717, 1.165) is 11.6 Å². The Morgan fingerprint density at radius 1 is 1.21 bits per heavy atom. The van der Waals surface area contributed by atoms with Gasteiger partial charge in [0.1, 0.15) is 0 Å². The third kappa shape index (κ3) is 2.43. The van der Waals surface area contributed by atoms with E-state index in [0.29, 0.717) is 19.4 Å². The van der Waals surface area contributed by atoms with Crippen molar-refractivity contribution in [3.8, 4) is 0 Å². The number of allylic oxidation sites excluding steroid dienone is 2. The molecule has 0 radical (unpaired) electrons. The molecule has 0 unspecified atom stereocenters. The molecule has 1 aliphatic carbocycles. The molecule has 0 spiro atoms. The van der Waals surface area contributed by atoms with Crippen LogP contribution in [0.1, 0.15) is 25.7 Å². The van der Waals surface area contributed by atoms with Crippen LogP contribution in [0.15, 0.2) is 11.1 Å². The fourth-order valence-electron chi connectivity index (χ4n) is 3.51. The van der Waals surface area contributed by atoms with Gasteiger partial charge in [0.2, 0.25) is 11.8 Å². The van der Waals surface area contributed by atoms with Gasteiger partial charge in [0.15, 0.2) is 0 Å². The molecule has 4 nitrogen and oxygen atoms in total. The Kier molecular flexibility index (Phi) is 3.63. The van der Waals surface area contributed by atoms with Gasteiger partial charge in [-0.05, 0) is 12.8 Å². The molecule has 2 fully saturated rings. The van der Waals surface area contributed by atoms with Gasteiger partial charge in [-0.1, -0.05) is 17.7 Å². The number of nitrogens with one attached hydrogen (secondary N) is 1. The summed E-state index contributed by atoms with van der Waals surface area (Å²) in [6.07, 6.45) is 5.60. The fourth-order valence-corrected chi connectivity index (χ4v) is 3.77. The number of fused-ring (bicyclic) bond motifs is 1. The van der Waals surface area contributed by atoms with Crippen LogP contribution in [0.3, 0.4) is 0 Å². The maximum Gasteiger partial charge on any atom is 0.233 e. The van der Waals surface area contributed by atoms with Crippen molar-refractivity contribution in [2.75, 3.05) is 26.2 Å². The minimum absolute atomic E-state index is 0.000142. The standard InChI is InChI=1S/C14H19ClN2O2/c15-10-3-4-11-12(9-10)14(19)17(13(11)18)8-7-16-5-1-2-6-16/h3,11-12H,1-2,4-9H2/p+1/t11-,12-/m1/s1. The average Bonchev–Trinajstić information content (AvgIpc) is 2.98. The van der Waals surface area contributed by atoms with Crippen molar-refractivity contribution in [3.63, 3.8) is 0 Å². The minimum Gasteiger partial charge on any atom is -0.333 e. The molecule has 0 saturated carbocycles. The maximum atomic E-state index is 12.3. The summed E-state index contributed by atoms with van der Waals surface area (Å²) in [5, 5.41) is 0.731. The summed E-state index contributed by atoms with van der Waals surface area (Å²) < 4.78 is 0. The zero-order valence-electron chi connectivity index (χ0n) is 11.0. The lowest BCUT2D eigenvalue weighted by atomic mass is 9.85. The van der Waals surface area contributed by atoms with Crippen LogP contribution in [0.2, 0.25) is 0 Å². The Bertz CT molecular complexity index is 429. The summed E-state index contributed by atoms with van der Waals surface area (Å²) in [7, 11) is 0. The van der Waals surface area contributed by atoms with Gasteiger partial charge in [-0.3, -0.25) is 14.5 Å². The summed E-state index contributed by atoms with van der Waals surface area (Å²) in [6, 6.07) is 0. The van der Waals surface area contributed by atoms with Crippen LogP contribution in [0.25, 0.3) is 0 Å². The van der Waals surface area contributed by atoms with E-state index in [4.69, 9.17) is 11.6 Å². The molecule has 5 heteroatoms. The lowest BCUT2D eigenvalue weighted by Crippen LogP contribution is -3.10. The fraction of sp³-hybridized carbons (Fsp3) is 0.714. The Balaban J connectivity index is 1.63. The molecule has 0 aromatic heterocycles. The van der Waals surface area contributed by atoms with Crippen molar-refractivity contribution >= 4 is 23.4 Å². The van der Waals surface area contributed by atoms with Gasteiger partial charge < -0.3 is 4.90 Å². The summed E-state index contributed by atoms with van der Waals surface area (Å²) in [5.41, 5.74) is 0. The van der Waals surface area contributed by atoms with Crippen molar-refractivity contribution in [2.45, 2.75) is 25.7 Å². The third-order valence-electron chi connectivity index (χ3n) is 4.66. The third-order valence-corrected chi connectivity index (χ3v) is 4.97. The second-order valence-corrected chi connectivity index (χ2v) is 6.32. The van der Waals surface area contributed by atoms with Crippen molar-refractivity contribution in [1.29, 1.82) is 0 Å². The highest BCUT2D eigenvalue weighted by molar-refractivity contribution is 6.30. The zero-order chi connectivity index (χ0) is 13.4. The number of nitrogens with zero attached hydrogens (tertiary/aromatic N) is 1. The molecule has 2 aliphatic heterocycles. The molecule has 2 saturated heterocycles. The lowest BCUT2D eigenvalue weighted by molar-refractivity contribution is -0.886. The number of carbonyl (C=O) groups excluding carboxylic acids is 2. The molecule has 3 rings (SSSR count). The Morgan fingerprint density at radius 3 is 2.63 bits per heavy atom. The first-order valence-electron chi connectivity index (χ1n) is 7.20. The number of quaternary nitrogens is 1. The topological polar surface area (TPSA) is 41.8 Å². The second kappa shape index (κ2) is 5.25. The van der Waals surface area contributed by atoms with Crippen LogP contribution < -0.4 is 4.90 Å². The maximum absolute atomic E-state index is 12.3. The van der Waals surface area contributed by atoms with Gasteiger partial charge in [0.05, 0.1) is 38.0 Å². The van der Waals surface area contributed by atoms with E-state index in [-0.39, 0.29) is 23.7 Å². The molecule has 2 heterocycles. The van der Waals surface area contributed by atoms with Crippen LogP contribution in [-0.4, -0.2) is 42.9 Å². The number of amides is 2. The number of carbonyl (C=O) groups is 2. The number of halogens is 1. The van der Waals surface area contributed by atoms with Crippen molar-refractivity contribution in [2.24, 2.45) is 11.8 Å². The predicted molar refractivity (Wildman–Crippen MR) is 71.7 cm³/mol. The monoisotopic (exact) mass is 283 g/mol. The van der Waals surface area contributed by atoms with Crippen LogP contribution in [0.5, 0.6) is 0 Å². The number of likely N-dealkylation sites (tertiary alicyclic amines) is 2. The summed E-state index contributed by atoms with van der Waals surface area (Å²) in [6.45, 7) is 3.84. The number of hydrogen-bond acceptors (Lipinski definition) is 2. The van der Waals surface area contributed by atoms with E-state index < -0.39 is 0 Å². The first-order valence-corrected chi connectivity index (χ1v) is 7.58. The Hall–Kier alpha value is -0.870. The van der Waals surface area contributed by atoms with Gasteiger partial charge in [-0.15, -0.1) is 0 Å². The predicted octanol–water partition coefficient (Wildman–Crippen LogP) is 0.183. The quantitative estimate of drug-likeness (QED) is 0.751. The van der Waals surface area contributed by atoms with Gasteiger partial charge in [-0.25, -0.2) is 0 Å². The van der Waals surface area contributed by atoms with Crippen LogP contribution in [0.4, 0.5) is 0 Å². The van der Waals surface area contributed by atoms with E-state index in [1.165, 1.54) is 35.7 Å². The number of hydrogen-bond donors (Lipinski definition) is 1. The molecule has 1 N–H and O–H groups in total. The first-order chi connectivity index (χ1) is 9.16. The highest BCUT2D eigenvalue weighted by Gasteiger charge is 2.48. The molecular formula is C14H20ClN2O2+. The first kappa shape index (κ1) is 13.1. The van der Waals surface area contributed by atoms with E-state index >= 15 is 0 Å². The largest absolute Gasteiger partial charge is 0.333 e. The van der Waals surface area contributed by atoms with Gasteiger partial charge in [0.25, 0.3) is 0 Å². The van der Waals surface area contributed by atoms with E-state index in [1.807, 2.05) is 6.08 Å². The Morgan fingerprint density at radius 2 is 1.89 bits per heavy atom. The SMILES string of the molecule is O=C1[C@@H]2CC=C(Cl)C[C@H]2C(=O)N1CC[NH+]1CCCC1. The van der Waals surface area contributed by atoms with Crippen molar-refractivity contribution in [3.05, 3.63) is 11.1 Å². The molecule has 0 aromatic carbocycles. The molecule has 0 bridgehead atoms. The normalized spacial score (nSPS) is 31.8. The smallest absolute Gasteiger partial charge is 0.233 e. The van der Waals surface area contributed by atoms with Crippen LogP contribution in [-0.2, 0) is 9.59 Å². The molecule has 2 amide bonds. The number of rotatable bonds is 3. The van der Waals surface area contributed by atoms with Gasteiger partial charge >= 0.3 is 0 Å². The summed E-state index contributed by atoms with van der Waals surface area (Å²) in [5.74, 6) is -0.323. The molecule has 0 aromatic rings. The molecule has 104 valence electrons. The van der Waals surface area contributed by atoms with Crippen molar-refractivity contribution < 1.29 is 14.5 Å². The summed E-state index contributed by atoms with van der Waals surface area (Å²) >= 11 is 6.00. The van der Waals surface area contributed by atoms with E-state index in [1.54, 1.807) is 0 Å². The lowest BCUT2D eigenvalue weighted by Gasteiger charge is -2.18. The van der Waals surface area contributed by atoms with Gasteiger partial charge in [0, 0.05) is 17.9 Å². The molecule has 2 atom stereocenters. The van der Waals surface area contributed by atoms with E-state index in [9.17, 15) is 9.59 Å². The van der Waals surface area contributed by atoms with E-state index in [2.05, 4.69) is 0 Å². The average molecular weight is 284 g/mol. The van der Waals surface area contributed by atoms with Crippen LogP contribution in [0, 0.1) is 11.8 Å². The summed E-state index contributed by atoms with van der Waals surface area (Å²) in [4.78, 5) is 27.6. The van der Waals surface area contributed by atoms with Crippen molar-refractivity contribution in [1.82, 2.24) is 4.90 Å². The van der Waals surface area contributed by atoms with Gasteiger partial charge in [-0.2, -0.15) is 0 Å². The molecular weight excluding hydrogens is 264 g/mol. The minimum atomic E-state index is -0.196. The second-order valence-electron chi connectivity index (χ2n) is 5.84. The number of imide groups is 1. The Labute approximate surface area is 118 Å². The highest BCUT2D eigenvalue weighted by Crippen LogP contribution is 2.38.